The molecule has 0 N–H and O–H groups in total. The van der Waals surface area contributed by atoms with Crippen LogP contribution >= 0.6 is 11.6 Å². The van der Waals surface area contributed by atoms with E-state index < -0.39 is 0 Å². The van der Waals surface area contributed by atoms with Crippen LogP contribution in [0.1, 0.15) is 18.7 Å². The summed E-state index contributed by atoms with van der Waals surface area (Å²) in [6, 6.07) is 1.85. The molecule has 0 bridgehead atoms. The topological polar surface area (TPSA) is 59.2 Å². The van der Waals surface area contributed by atoms with Crippen LogP contribution < -0.4 is 4.90 Å². The first-order chi connectivity index (χ1) is 11.7. The Hall–Kier alpha value is -2.47. The number of aromatic nitrogens is 5. The van der Waals surface area contributed by atoms with E-state index in [0.717, 1.165) is 36.4 Å². The fourth-order valence-electron chi connectivity index (χ4n) is 3.60. The quantitative estimate of drug-likeness (QED) is 0.681. The van der Waals surface area contributed by atoms with Gasteiger partial charge in [-0.05, 0) is 31.9 Å². The molecule has 1 aliphatic heterocycles. The van der Waals surface area contributed by atoms with Crippen molar-refractivity contribution in [1.29, 1.82) is 0 Å². The van der Waals surface area contributed by atoms with Crippen LogP contribution in [0.25, 0.3) is 16.7 Å². The summed E-state index contributed by atoms with van der Waals surface area (Å²) in [7, 11) is 0. The number of rotatable bonds is 1. The number of anilines is 1. The fraction of sp³-hybridized carbons (Fsp3) is 0.294. The van der Waals surface area contributed by atoms with Gasteiger partial charge in [-0.2, -0.15) is 9.50 Å². The third-order valence-electron chi connectivity index (χ3n) is 4.68. The van der Waals surface area contributed by atoms with Crippen molar-refractivity contribution >= 4 is 34.2 Å². The molecule has 3 aromatic heterocycles. The van der Waals surface area contributed by atoms with Gasteiger partial charge >= 0.3 is 0 Å². The highest BCUT2D eigenvalue weighted by atomic mass is 35.5. The lowest BCUT2D eigenvalue weighted by atomic mass is 9.97. The predicted octanol–water partition coefficient (Wildman–Crippen LogP) is 3.30. The monoisotopic (exact) mass is 338 g/mol. The van der Waals surface area contributed by atoms with Gasteiger partial charge in [0.15, 0.2) is 11.3 Å². The minimum Gasteiger partial charge on any atom is -0.314 e. The minimum atomic E-state index is 0.561. The summed E-state index contributed by atoms with van der Waals surface area (Å²) in [5.74, 6) is 2.04. The van der Waals surface area contributed by atoms with Crippen LogP contribution in [0.5, 0.6) is 0 Å². The molecular formula is C17H15ClN6. The zero-order valence-electron chi connectivity index (χ0n) is 13.1. The van der Waals surface area contributed by atoms with Gasteiger partial charge in [0, 0.05) is 24.4 Å². The minimum absolute atomic E-state index is 0.561. The van der Waals surface area contributed by atoms with Gasteiger partial charge in [0.25, 0.3) is 0 Å². The Labute approximate surface area is 143 Å². The molecule has 6 nitrogen and oxygen atoms in total. The molecule has 0 amide bonds. The van der Waals surface area contributed by atoms with Crippen LogP contribution in [0.3, 0.4) is 0 Å². The lowest BCUT2D eigenvalue weighted by molar-refractivity contribution is 0.646. The Bertz CT molecular complexity index is 1030. The Morgan fingerprint density at radius 3 is 3.12 bits per heavy atom. The number of aryl methyl sites for hydroxylation is 1. The molecular weight excluding hydrogens is 324 g/mol. The second-order valence-corrected chi connectivity index (χ2v) is 6.66. The van der Waals surface area contributed by atoms with E-state index >= 15 is 0 Å². The van der Waals surface area contributed by atoms with Crippen LogP contribution in [-0.4, -0.2) is 31.1 Å². The van der Waals surface area contributed by atoms with E-state index in [1.807, 2.05) is 17.5 Å². The van der Waals surface area contributed by atoms with Crippen molar-refractivity contribution < 1.29 is 0 Å². The number of hydrogen-bond donors (Lipinski definition) is 0. The summed E-state index contributed by atoms with van der Waals surface area (Å²) in [5, 5.41) is 5.95. The molecule has 0 spiro atoms. The molecule has 4 heterocycles. The Morgan fingerprint density at radius 1 is 1.29 bits per heavy atom. The molecule has 1 atom stereocenters. The van der Waals surface area contributed by atoms with Crippen LogP contribution in [0.4, 0.5) is 5.95 Å². The number of fused-ring (bicyclic) bond motifs is 4. The van der Waals surface area contributed by atoms with Gasteiger partial charge in [0.05, 0.1) is 10.4 Å². The van der Waals surface area contributed by atoms with Crippen molar-refractivity contribution in [3.63, 3.8) is 0 Å². The molecule has 120 valence electrons. The van der Waals surface area contributed by atoms with Gasteiger partial charge in [0.2, 0.25) is 5.95 Å². The third-order valence-corrected chi connectivity index (χ3v) is 4.89. The molecule has 1 fully saturated rings. The molecule has 5 rings (SSSR count). The number of pyridine rings is 1. The van der Waals surface area contributed by atoms with Crippen molar-refractivity contribution in [3.8, 4) is 0 Å². The second kappa shape index (κ2) is 5.01. The van der Waals surface area contributed by atoms with Crippen molar-refractivity contribution in [2.24, 2.45) is 5.92 Å². The van der Waals surface area contributed by atoms with Crippen LogP contribution in [0, 0.1) is 12.8 Å². The normalized spacial score (nSPS) is 20.0. The number of hydrogen-bond acceptors (Lipinski definition) is 5. The second-order valence-electron chi connectivity index (χ2n) is 6.22. The molecule has 1 unspecified atom stereocenters. The van der Waals surface area contributed by atoms with E-state index in [-0.39, 0.29) is 0 Å². The fourth-order valence-corrected chi connectivity index (χ4v) is 3.76. The molecule has 1 aliphatic carbocycles. The van der Waals surface area contributed by atoms with Crippen LogP contribution in [-0.2, 0) is 0 Å². The van der Waals surface area contributed by atoms with Gasteiger partial charge in [-0.1, -0.05) is 23.8 Å². The zero-order valence-corrected chi connectivity index (χ0v) is 13.9. The zero-order chi connectivity index (χ0) is 16.3. The SMILES string of the molecule is Cc1nc2c3cc(Cl)cnc3nc(N3CCC4CC=CC=C43)n2n1. The molecule has 0 radical (unpaired) electrons. The first-order valence-corrected chi connectivity index (χ1v) is 8.41. The predicted molar refractivity (Wildman–Crippen MR) is 93.1 cm³/mol. The summed E-state index contributed by atoms with van der Waals surface area (Å²) in [4.78, 5) is 16.0. The lowest BCUT2D eigenvalue weighted by Gasteiger charge is -2.22. The number of halogens is 1. The van der Waals surface area contributed by atoms with Gasteiger partial charge in [-0.25, -0.2) is 9.97 Å². The van der Waals surface area contributed by atoms with Crippen molar-refractivity contribution in [2.75, 3.05) is 11.4 Å². The average Bonchev–Trinajstić information content (AvgIpc) is 3.18. The summed E-state index contributed by atoms with van der Waals surface area (Å²) in [6.45, 7) is 2.81. The summed E-state index contributed by atoms with van der Waals surface area (Å²) in [6.07, 6.45) is 10.4. The van der Waals surface area contributed by atoms with E-state index in [4.69, 9.17) is 16.6 Å². The van der Waals surface area contributed by atoms with Gasteiger partial charge in [0.1, 0.15) is 5.82 Å². The van der Waals surface area contributed by atoms with E-state index in [2.05, 4.69) is 38.2 Å². The summed E-state index contributed by atoms with van der Waals surface area (Å²) >= 11 is 6.11. The molecule has 1 saturated heterocycles. The van der Waals surface area contributed by atoms with Crippen LogP contribution in [0.15, 0.2) is 36.2 Å². The lowest BCUT2D eigenvalue weighted by Crippen LogP contribution is -2.23. The maximum Gasteiger partial charge on any atom is 0.234 e. The van der Waals surface area contributed by atoms with Gasteiger partial charge < -0.3 is 4.90 Å². The number of nitrogens with zero attached hydrogens (tertiary/aromatic N) is 6. The van der Waals surface area contributed by atoms with Crippen LogP contribution in [0.2, 0.25) is 5.02 Å². The third kappa shape index (κ3) is 1.96. The number of allylic oxidation sites excluding steroid dienone is 4. The molecule has 7 heteroatoms. The van der Waals surface area contributed by atoms with Crippen molar-refractivity contribution in [3.05, 3.63) is 47.0 Å². The van der Waals surface area contributed by atoms with Gasteiger partial charge in [-0.15, -0.1) is 5.10 Å². The Kier molecular flexibility index (Phi) is 2.91. The van der Waals surface area contributed by atoms with E-state index in [1.165, 1.54) is 5.70 Å². The Balaban J connectivity index is 1.80. The van der Waals surface area contributed by atoms with Gasteiger partial charge in [-0.3, -0.25) is 0 Å². The molecule has 2 aliphatic rings. The highest BCUT2D eigenvalue weighted by molar-refractivity contribution is 6.31. The molecule has 0 aromatic carbocycles. The average molecular weight is 339 g/mol. The first kappa shape index (κ1) is 13.9. The Morgan fingerprint density at radius 2 is 2.21 bits per heavy atom. The summed E-state index contributed by atoms with van der Waals surface area (Å²) in [5.41, 5.74) is 2.69. The molecule has 3 aromatic rings. The summed E-state index contributed by atoms with van der Waals surface area (Å²) < 4.78 is 1.82. The first-order valence-electron chi connectivity index (χ1n) is 8.03. The van der Waals surface area contributed by atoms with E-state index in [1.54, 1.807) is 6.20 Å². The van der Waals surface area contributed by atoms with E-state index in [0.29, 0.717) is 22.4 Å². The highest BCUT2D eigenvalue weighted by Gasteiger charge is 2.31. The smallest absolute Gasteiger partial charge is 0.234 e. The van der Waals surface area contributed by atoms with Crippen molar-refractivity contribution in [2.45, 2.75) is 19.8 Å². The maximum atomic E-state index is 6.11. The highest BCUT2D eigenvalue weighted by Crippen LogP contribution is 2.37. The standard InChI is InChI=1S/C17H15ClN6/c1-10-20-16-13-8-12(18)9-19-15(13)21-17(24(16)22-10)23-7-6-11-4-2-3-5-14(11)23/h2-3,5,8-9,11H,4,6-7H2,1H3. The molecule has 0 saturated carbocycles. The largest absolute Gasteiger partial charge is 0.314 e. The van der Waals surface area contributed by atoms with Crippen molar-refractivity contribution in [1.82, 2.24) is 24.6 Å². The van der Waals surface area contributed by atoms with E-state index in [9.17, 15) is 0 Å². The molecule has 24 heavy (non-hydrogen) atoms. The maximum absolute atomic E-state index is 6.11.